The quantitative estimate of drug-likeness (QED) is 0.597. The molecule has 2 aromatic carbocycles. The number of piperazine rings is 1. The van der Waals surface area contributed by atoms with Gasteiger partial charge in [-0.15, -0.1) is 0 Å². The summed E-state index contributed by atoms with van der Waals surface area (Å²) < 4.78 is 12.8. The SMILES string of the molecule is COc1ccc(-c2cc(C(=O)N3CCN(C(C)=O)CC3)c(C)n2-c2cccc(OC)c2)cc1. The van der Waals surface area contributed by atoms with Gasteiger partial charge in [-0.2, -0.15) is 0 Å². The van der Waals surface area contributed by atoms with Crippen LogP contribution in [0.2, 0.25) is 0 Å². The van der Waals surface area contributed by atoms with Gasteiger partial charge in [-0.25, -0.2) is 0 Å². The molecule has 4 rings (SSSR count). The van der Waals surface area contributed by atoms with E-state index in [1.165, 1.54) is 0 Å². The fourth-order valence-electron chi connectivity index (χ4n) is 4.27. The van der Waals surface area contributed by atoms with E-state index >= 15 is 0 Å². The normalized spacial score (nSPS) is 13.7. The molecule has 0 aliphatic carbocycles. The first kappa shape index (κ1) is 22.5. The third kappa shape index (κ3) is 4.44. The molecule has 0 bridgehead atoms. The van der Waals surface area contributed by atoms with Crippen molar-refractivity contribution in [3.8, 4) is 28.4 Å². The number of carbonyl (C=O) groups excluding carboxylic acids is 2. The van der Waals surface area contributed by atoms with Gasteiger partial charge in [0.1, 0.15) is 11.5 Å². The van der Waals surface area contributed by atoms with Crippen LogP contribution in [0.15, 0.2) is 54.6 Å². The highest BCUT2D eigenvalue weighted by atomic mass is 16.5. The van der Waals surface area contributed by atoms with Crippen LogP contribution in [0, 0.1) is 6.92 Å². The van der Waals surface area contributed by atoms with Gasteiger partial charge in [0.05, 0.1) is 25.5 Å². The molecule has 7 heteroatoms. The third-order valence-corrected chi connectivity index (χ3v) is 6.19. The molecule has 172 valence electrons. The number of methoxy groups -OCH3 is 2. The van der Waals surface area contributed by atoms with E-state index < -0.39 is 0 Å². The summed E-state index contributed by atoms with van der Waals surface area (Å²) in [6, 6.07) is 17.6. The number of carbonyl (C=O) groups is 2. The van der Waals surface area contributed by atoms with E-state index in [2.05, 4.69) is 4.57 Å². The summed E-state index contributed by atoms with van der Waals surface area (Å²) >= 11 is 0. The number of hydrogen-bond donors (Lipinski definition) is 0. The fraction of sp³-hybridized carbons (Fsp3) is 0.308. The van der Waals surface area contributed by atoms with Crippen LogP contribution >= 0.6 is 0 Å². The van der Waals surface area contributed by atoms with Crippen LogP contribution in [0.5, 0.6) is 11.5 Å². The summed E-state index contributed by atoms with van der Waals surface area (Å²) in [5.41, 5.74) is 4.31. The van der Waals surface area contributed by atoms with Crippen LogP contribution in [0.4, 0.5) is 0 Å². The van der Waals surface area contributed by atoms with Gasteiger partial charge in [0.15, 0.2) is 0 Å². The van der Waals surface area contributed by atoms with Gasteiger partial charge < -0.3 is 23.8 Å². The Morgan fingerprint density at radius 1 is 0.818 bits per heavy atom. The Labute approximate surface area is 194 Å². The van der Waals surface area contributed by atoms with Gasteiger partial charge >= 0.3 is 0 Å². The van der Waals surface area contributed by atoms with Crippen LogP contribution in [-0.2, 0) is 4.79 Å². The average molecular weight is 448 g/mol. The predicted octanol–water partition coefficient (Wildman–Crippen LogP) is 3.77. The lowest BCUT2D eigenvalue weighted by Gasteiger charge is -2.34. The maximum absolute atomic E-state index is 13.5. The van der Waals surface area contributed by atoms with E-state index in [9.17, 15) is 9.59 Å². The van der Waals surface area contributed by atoms with Crippen molar-refractivity contribution < 1.29 is 19.1 Å². The standard InChI is InChI=1S/C26H29N3O4/c1-18-24(26(31)28-14-12-27(13-15-28)19(2)30)17-25(20-8-10-22(32-3)11-9-20)29(18)21-6-5-7-23(16-21)33-4/h5-11,16-17H,12-15H2,1-4H3. The Kier molecular flexibility index (Phi) is 6.40. The number of amides is 2. The molecule has 2 heterocycles. The molecule has 0 atom stereocenters. The first-order chi connectivity index (χ1) is 15.9. The largest absolute Gasteiger partial charge is 0.497 e. The predicted molar refractivity (Wildman–Crippen MR) is 127 cm³/mol. The molecule has 1 fully saturated rings. The zero-order chi connectivity index (χ0) is 23.5. The lowest BCUT2D eigenvalue weighted by atomic mass is 10.1. The van der Waals surface area contributed by atoms with Crippen molar-refractivity contribution in [2.24, 2.45) is 0 Å². The number of aromatic nitrogens is 1. The number of ether oxygens (including phenoxy) is 2. The van der Waals surface area contributed by atoms with Crippen molar-refractivity contribution in [1.82, 2.24) is 14.4 Å². The zero-order valence-corrected chi connectivity index (χ0v) is 19.5. The van der Waals surface area contributed by atoms with E-state index in [-0.39, 0.29) is 11.8 Å². The highest BCUT2D eigenvalue weighted by Crippen LogP contribution is 2.32. The molecular formula is C26H29N3O4. The Bertz CT molecular complexity index is 1160. The minimum Gasteiger partial charge on any atom is -0.497 e. The van der Waals surface area contributed by atoms with Crippen molar-refractivity contribution in [3.05, 3.63) is 65.9 Å². The first-order valence-corrected chi connectivity index (χ1v) is 11.0. The van der Waals surface area contributed by atoms with Gasteiger partial charge in [0, 0.05) is 50.6 Å². The van der Waals surface area contributed by atoms with Crippen LogP contribution in [0.25, 0.3) is 16.9 Å². The van der Waals surface area contributed by atoms with Crippen molar-refractivity contribution in [1.29, 1.82) is 0 Å². The van der Waals surface area contributed by atoms with Crippen LogP contribution < -0.4 is 9.47 Å². The molecule has 0 radical (unpaired) electrons. The molecule has 0 spiro atoms. The summed E-state index contributed by atoms with van der Waals surface area (Å²) in [4.78, 5) is 28.8. The lowest BCUT2D eigenvalue weighted by Crippen LogP contribution is -2.50. The Balaban J connectivity index is 1.76. The topological polar surface area (TPSA) is 64.0 Å². The van der Waals surface area contributed by atoms with E-state index in [0.29, 0.717) is 31.7 Å². The minimum absolute atomic E-state index is 0.0212. The maximum Gasteiger partial charge on any atom is 0.255 e. The van der Waals surface area contributed by atoms with E-state index in [4.69, 9.17) is 9.47 Å². The molecule has 7 nitrogen and oxygen atoms in total. The molecule has 2 amide bonds. The van der Waals surface area contributed by atoms with Gasteiger partial charge in [-0.1, -0.05) is 6.07 Å². The zero-order valence-electron chi connectivity index (χ0n) is 19.5. The highest BCUT2D eigenvalue weighted by molar-refractivity contribution is 5.97. The molecule has 0 saturated carbocycles. The summed E-state index contributed by atoms with van der Waals surface area (Å²) in [5.74, 6) is 1.54. The molecule has 0 N–H and O–H groups in total. The second-order valence-corrected chi connectivity index (χ2v) is 8.09. The molecule has 1 aliphatic heterocycles. The smallest absolute Gasteiger partial charge is 0.255 e. The van der Waals surface area contributed by atoms with E-state index in [1.54, 1.807) is 26.0 Å². The second-order valence-electron chi connectivity index (χ2n) is 8.09. The molecule has 3 aromatic rings. The van der Waals surface area contributed by atoms with E-state index in [1.807, 2.05) is 66.4 Å². The van der Waals surface area contributed by atoms with Crippen LogP contribution in [-0.4, -0.2) is 66.6 Å². The molecule has 0 unspecified atom stereocenters. The lowest BCUT2D eigenvalue weighted by molar-refractivity contribution is -0.130. The molecule has 1 aliphatic rings. The summed E-state index contributed by atoms with van der Waals surface area (Å²) in [6.45, 7) is 5.70. The molecule has 1 saturated heterocycles. The maximum atomic E-state index is 13.5. The first-order valence-electron chi connectivity index (χ1n) is 11.0. The number of benzene rings is 2. The number of rotatable bonds is 5. The van der Waals surface area contributed by atoms with Crippen LogP contribution in [0.1, 0.15) is 23.0 Å². The Morgan fingerprint density at radius 3 is 2.06 bits per heavy atom. The van der Waals surface area contributed by atoms with Gasteiger partial charge in [-0.05, 0) is 55.0 Å². The summed E-state index contributed by atoms with van der Waals surface area (Å²) in [5, 5.41) is 0. The Morgan fingerprint density at radius 2 is 1.45 bits per heavy atom. The summed E-state index contributed by atoms with van der Waals surface area (Å²) in [6.07, 6.45) is 0. The minimum atomic E-state index is -0.0212. The van der Waals surface area contributed by atoms with Gasteiger partial charge in [0.2, 0.25) is 5.91 Å². The third-order valence-electron chi connectivity index (χ3n) is 6.19. The highest BCUT2D eigenvalue weighted by Gasteiger charge is 2.27. The van der Waals surface area contributed by atoms with Crippen molar-refractivity contribution in [3.63, 3.8) is 0 Å². The molecule has 1 aromatic heterocycles. The van der Waals surface area contributed by atoms with Crippen molar-refractivity contribution in [2.45, 2.75) is 13.8 Å². The number of nitrogens with zero attached hydrogens (tertiary/aromatic N) is 3. The monoisotopic (exact) mass is 447 g/mol. The summed E-state index contributed by atoms with van der Waals surface area (Å²) in [7, 11) is 3.28. The van der Waals surface area contributed by atoms with Crippen molar-refractivity contribution >= 4 is 11.8 Å². The van der Waals surface area contributed by atoms with Crippen LogP contribution in [0.3, 0.4) is 0 Å². The van der Waals surface area contributed by atoms with Gasteiger partial charge in [-0.3, -0.25) is 9.59 Å². The van der Waals surface area contributed by atoms with E-state index in [0.717, 1.165) is 34.1 Å². The number of hydrogen-bond acceptors (Lipinski definition) is 4. The van der Waals surface area contributed by atoms with Crippen molar-refractivity contribution in [2.75, 3.05) is 40.4 Å². The molecular weight excluding hydrogens is 418 g/mol. The fourth-order valence-corrected chi connectivity index (χ4v) is 4.27. The van der Waals surface area contributed by atoms with Gasteiger partial charge in [0.25, 0.3) is 5.91 Å². The Hall–Kier alpha value is -3.74. The average Bonchev–Trinajstić information content (AvgIpc) is 3.20. The molecule has 33 heavy (non-hydrogen) atoms. The second kappa shape index (κ2) is 9.40.